The van der Waals surface area contributed by atoms with Crippen molar-refractivity contribution in [3.63, 3.8) is 0 Å². The molecule has 0 saturated heterocycles. The molecule has 2 aromatic rings. The van der Waals surface area contributed by atoms with Crippen LogP contribution in [0.4, 0.5) is 0 Å². The number of nitrogens with zero attached hydrogens (tertiary/aromatic N) is 1. The van der Waals surface area contributed by atoms with Crippen LogP contribution in [0.1, 0.15) is 27.8 Å². The monoisotopic (exact) mass is 343 g/mol. The van der Waals surface area contributed by atoms with Gasteiger partial charge in [0.15, 0.2) is 5.76 Å². The van der Waals surface area contributed by atoms with Crippen molar-refractivity contribution in [2.45, 2.75) is 25.7 Å². The van der Waals surface area contributed by atoms with Gasteiger partial charge < -0.3 is 17.6 Å². The second kappa shape index (κ2) is 10.7. The summed E-state index contributed by atoms with van der Waals surface area (Å²) in [4.78, 5) is 10.4. The number of rotatable bonds is 6. The first-order chi connectivity index (χ1) is 9.56. The number of benzene rings is 1. The number of aromatic nitrogens is 1. The summed E-state index contributed by atoms with van der Waals surface area (Å²) < 4.78 is 5.18. The molecule has 0 unspecified atom stereocenters. The Balaban J connectivity index is -0.00000110. The molecule has 110 valence electrons. The summed E-state index contributed by atoms with van der Waals surface area (Å²) in [5, 5.41) is 22.7. The molecule has 2 rings (SSSR count). The van der Waals surface area contributed by atoms with Gasteiger partial charge in [0.2, 0.25) is 0 Å². The van der Waals surface area contributed by atoms with Crippen molar-refractivity contribution < 1.29 is 81.5 Å². The molecule has 0 saturated carbocycles. The average Bonchev–Trinajstić information content (AvgIpc) is 2.86. The van der Waals surface area contributed by atoms with Crippen LogP contribution in [0.2, 0.25) is 5.02 Å². The van der Waals surface area contributed by atoms with E-state index in [0.29, 0.717) is 29.2 Å². The van der Waals surface area contributed by atoms with Gasteiger partial charge in [-0.05, 0) is 37.5 Å². The molecule has 1 heterocycles. The molecular weight excluding hydrogens is 328 g/mol. The van der Waals surface area contributed by atoms with Crippen LogP contribution in [0.3, 0.4) is 0 Å². The van der Waals surface area contributed by atoms with Gasteiger partial charge in [0.05, 0.1) is 11.3 Å². The number of aliphatic carboxylic acids is 1. The quantitative estimate of drug-likeness (QED) is 0.456. The Kier molecular flexibility index (Phi) is 10.7. The molecule has 8 heteroatoms. The van der Waals surface area contributed by atoms with Crippen LogP contribution < -0.4 is 59.1 Å². The maximum Gasteiger partial charge on any atom is 1.00 e. The normalized spacial score (nSPS) is 9.68. The molecule has 5 nitrogen and oxygen atoms in total. The van der Waals surface area contributed by atoms with Crippen LogP contribution in [-0.2, 0) is 11.2 Å². The molecule has 2 N–H and O–H groups in total. The number of halogens is 1. The third-order valence-corrected chi connectivity index (χ3v) is 3.09. The number of phenols is 1. The molecular formula is C14H16ClNNa2O4. The molecule has 1 aromatic carbocycles. The van der Waals surface area contributed by atoms with Crippen LogP contribution in [0.25, 0.3) is 11.3 Å². The van der Waals surface area contributed by atoms with Gasteiger partial charge in [-0.3, -0.25) is 4.79 Å². The predicted molar refractivity (Wildman–Crippen MR) is 76.0 cm³/mol. The van der Waals surface area contributed by atoms with Crippen molar-refractivity contribution in [1.82, 2.24) is 5.16 Å². The molecule has 0 radical (unpaired) electrons. The van der Waals surface area contributed by atoms with E-state index in [9.17, 15) is 9.90 Å². The number of unbranched alkanes of at least 4 members (excludes halogenated alkanes) is 1. The minimum absolute atomic E-state index is 0. The number of hydrogen-bond donors (Lipinski definition) is 2. The molecule has 0 atom stereocenters. The summed E-state index contributed by atoms with van der Waals surface area (Å²) in [6.07, 6.45) is 2.11. The predicted octanol–water partition coefficient (Wildman–Crippen LogP) is -2.27. The average molecular weight is 344 g/mol. The van der Waals surface area contributed by atoms with E-state index in [0.717, 1.165) is 12.1 Å². The number of aryl methyl sites for hydroxylation is 1. The maximum absolute atomic E-state index is 10.4. The Morgan fingerprint density at radius 3 is 2.68 bits per heavy atom. The van der Waals surface area contributed by atoms with Crippen LogP contribution >= 0.6 is 11.6 Å². The summed E-state index contributed by atoms with van der Waals surface area (Å²) in [5.41, 5.74) is 1.21. The van der Waals surface area contributed by atoms with Gasteiger partial charge >= 0.3 is 65.1 Å². The van der Waals surface area contributed by atoms with E-state index < -0.39 is 5.97 Å². The van der Waals surface area contributed by atoms with Crippen molar-refractivity contribution in [1.29, 1.82) is 0 Å². The minimum Gasteiger partial charge on any atom is -1.00 e. The Labute approximate surface area is 180 Å². The zero-order valence-corrected chi connectivity index (χ0v) is 17.4. The number of carboxylic acid groups (broad SMARTS) is 1. The van der Waals surface area contributed by atoms with Crippen LogP contribution in [0.5, 0.6) is 5.75 Å². The van der Waals surface area contributed by atoms with E-state index in [1.807, 2.05) is 0 Å². The molecule has 0 bridgehead atoms. The van der Waals surface area contributed by atoms with Crippen molar-refractivity contribution in [2.24, 2.45) is 0 Å². The second-order valence-corrected chi connectivity index (χ2v) is 4.88. The fraction of sp³-hybridized carbons (Fsp3) is 0.286. The van der Waals surface area contributed by atoms with Gasteiger partial charge in [0, 0.05) is 17.5 Å². The molecule has 0 spiro atoms. The summed E-state index contributed by atoms with van der Waals surface area (Å²) in [6.45, 7) is 0. The Morgan fingerprint density at radius 2 is 2.00 bits per heavy atom. The van der Waals surface area contributed by atoms with E-state index in [1.165, 1.54) is 6.07 Å². The van der Waals surface area contributed by atoms with Crippen molar-refractivity contribution >= 4 is 17.6 Å². The first-order valence-electron chi connectivity index (χ1n) is 6.22. The third-order valence-electron chi connectivity index (χ3n) is 2.86. The van der Waals surface area contributed by atoms with Gasteiger partial charge in [0.25, 0.3) is 0 Å². The van der Waals surface area contributed by atoms with Crippen molar-refractivity contribution in [3.05, 3.63) is 35.0 Å². The zero-order valence-electron chi connectivity index (χ0n) is 14.7. The first-order valence-corrected chi connectivity index (χ1v) is 6.60. The SMILES string of the molecule is O=C(O)CCCCc1cc(-c2cc(Cl)ccc2O)on1.[H-].[H-].[Na+].[Na+]. The van der Waals surface area contributed by atoms with E-state index in [-0.39, 0.29) is 74.1 Å². The zero-order chi connectivity index (χ0) is 14.5. The largest absolute Gasteiger partial charge is 1.00 e. The topological polar surface area (TPSA) is 83.6 Å². The third kappa shape index (κ3) is 6.62. The molecule has 1 aromatic heterocycles. The fourth-order valence-electron chi connectivity index (χ4n) is 1.84. The van der Waals surface area contributed by atoms with Crippen LogP contribution in [0, 0.1) is 0 Å². The van der Waals surface area contributed by atoms with Gasteiger partial charge in [-0.25, -0.2) is 0 Å². The van der Waals surface area contributed by atoms with Crippen LogP contribution in [-0.4, -0.2) is 21.3 Å². The molecule has 0 fully saturated rings. The Hall–Kier alpha value is -0.01000. The van der Waals surface area contributed by atoms with E-state index >= 15 is 0 Å². The number of carbonyl (C=O) groups is 1. The summed E-state index contributed by atoms with van der Waals surface area (Å²) in [7, 11) is 0. The number of aromatic hydroxyl groups is 1. The van der Waals surface area contributed by atoms with Gasteiger partial charge in [0.1, 0.15) is 5.75 Å². The minimum atomic E-state index is -0.797. The summed E-state index contributed by atoms with van der Waals surface area (Å²) in [5.74, 6) is -0.282. The molecule has 22 heavy (non-hydrogen) atoms. The Morgan fingerprint density at radius 1 is 1.27 bits per heavy atom. The van der Waals surface area contributed by atoms with Crippen molar-refractivity contribution in [3.8, 4) is 17.1 Å². The first kappa shape index (κ1) is 22.0. The van der Waals surface area contributed by atoms with Gasteiger partial charge in [-0.15, -0.1) is 0 Å². The maximum atomic E-state index is 10.4. The van der Waals surface area contributed by atoms with E-state index in [4.69, 9.17) is 21.2 Å². The molecule has 0 aliphatic carbocycles. The van der Waals surface area contributed by atoms with Crippen molar-refractivity contribution in [2.75, 3.05) is 0 Å². The van der Waals surface area contributed by atoms with Gasteiger partial charge in [-0.1, -0.05) is 16.8 Å². The summed E-state index contributed by atoms with van der Waals surface area (Å²) >= 11 is 5.88. The smallest absolute Gasteiger partial charge is 1.00 e. The molecule has 0 amide bonds. The fourth-order valence-corrected chi connectivity index (χ4v) is 2.02. The molecule has 0 aliphatic rings. The number of hydrogen-bond acceptors (Lipinski definition) is 4. The Bertz CT molecular complexity index is 629. The second-order valence-electron chi connectivity index (χ2n) is 4.44. The van der Waals surface area contributed by atoms with E-state index in [1.54, 1.807) is 18.2 Å². The van der Waals surface area contributed by atoms with Crippen LogP contribution in [0.15, 0.2) is 28.8 Å². The van der Waals surface area contributed by atoms with Gasteiger partial charge in [-0.2, -0.15) is 0 Å². The number of carboxylic acids is 1. The standard InChI is InChI=1S/C14H14ClNO4.2Na.2H/c15-9-5-6-12(17)11(7-9)13-8-10(16-20-13)3-1-2-4-14(18)19;;;;/h5-8,17H,1-4H2,(H,18,19);;;;/q;2*+1;2*-1. The number of phenolic OH excluding ortho intramolecular Hbond substituents is 1. The van der Waals surface area contributed by atoms with E-state index in [2.05, 4.69) is 5.16 Å². The summed E-state index contributed by atoms with van der Waals surface area (Å²) in [6, 6.07) is 6.41. The molecule has 0 aliphatic heterocycles.